The van der Waals surface area contributed by atoms with Gasteiger partial charge in [0.25, 0.3) is 11.8 Å². The van der Waals surface area contributed by atoms with E-state index in [1.165, 1.54) is 19.5 Å². The SMILES string of the molecule is COc1nccnc1OC1CCCN(C(=O)CN2C(=O)CCC2=O)C1. The molecule has 2 saturated heterocycles. The van der Waals surface area contributed by atoms with E-state index >= 15 is 0 Å². The topological polar surface area (TPSA) is 102 Å². The second-order valence-electron chi connectivity index (χ2n) is 5.97. The number of nitrogens with zero attached hydrogens (tertiary/aromatic N) is 4. The summed E-state index contributed by atoms with van der Waals surface area (Å²) in [5.74, 6) is -0.240. The Kier molecular flexibility index (Phi) is 5.11. The summed E-state index contributed by atoms with van der Waals surface area (Å²) in [6.07, 6.45) is 4.68. The van der Waals surface area contributed by atoms with Crippen LogP contribution in [0.2, 0.25) is 0 Å². The molecule has 3 heterocycles. The predicted molar refractivity (Wildman–Crippen MR) is 84.8 cm³/mol. The van der Waals surface area contributed by atoms with Gasteiger partial charge >= 0.3 is 0 Å². The van der Waals surface area contributed by atoms with Gasteiger partial charge in [-0.15, -0.1) is 0 Å². The molecule has 3 rings (SSSR count). The Hall–Kier alpha value is -2.71. The van der Waals surface area contributed by atoms with Gasteiger partial charge in [0.2, 0.25) is 17.7 Å². The Morgan fingerprint density at radius 2 is 1.88 bits per heavy atom. The third-order valence-corrected chi connectivity index (χ3v) is 4.28. The van der Waals surface area contributed by atoms with Crippen molar-refractivity contribution >= 4 is 17.7 Å². The largest absolute Gasteiger partial charge is 0.477 e. The second kappa shape index (κ2) is 7.45. The molecule has 0 saturated carbocycles. The lowest BCUT2D eigenvalue weighted by Gasteiger charge is -2.33. The molecule has 1 unspecified atom stereocenters. The number of imide groups is 1. The molecule has 25 heavy (non-hydrogen) atoms. The van der Waals surface area contributed by atoms with E-state index in [2.05, 4.69) is 9.97 Å². The van der Waals surface area contributed by atoms with Crippen LogP contribution in [0.25, 0.3) is 0 Å². The van der Waals surface area contributed by atoms with Crippen molar-refractivity contribution in [2.45, 2.75) is 31.8 Å². The van der Waals surface area contributed by atoms with Gasteiger partial charge in [-0.2, -0.15) is 0 Å². The van der Waals surface area contributed by atoms with Gasteiger partial charge in [0.1, 0.15) is 12.6 Å². The number of likely N-dealkylation sites (tertiary alicyclic amines) is 2. The Morgan fingerprint density at radius 1 is 1.20 bits per heavy atom. The average Bonchev–Trinajstić information content (AvgIpc) is 2.94. The van der Waals surface area contributed by atoms with Crippen LogP contribution in [0.5, 0.6) is 11.8 Å². The number of hydrogen-bond acceptors (Lipinski definition) is 7. The predicted octanol–water partition coefficient (Wildman–Crippen LogP) is 0.00400. The average molecular weight is 348 g/mol. The molecule has 0 bridgehead atoms. The van der Waals surface area contributed by atoms with E-state index in [-0.39, 0.29) is 49.1 Å². The zero-order valence-corrected chi connectivity index (χ0v) is 14.0. The van der Waals surface area contributed by atoms with Crippen LogP contribution >= 0.6 is 0 Å². The number of carbonyl (C=O) groups excluding carboxylic acids is 3. The maximum absolute atomic E-state index is 12.4. The summed E-state index contributed by atoms with van der Waals surface area (Å²) < 4.78 is 10.9. The number of methoxy groups -OCH3 is 1. The lowest BCUT2D eigenvalue weighted by Crippen LogP contribution is -2.48. The van der Waals surface area contributed by atoms with Crippen LogP contribution in [-0.2, 0) is 14.4 Å². The van der Waals surface area contributed by atoms with E-state index in [0.717, 1.165) is 17.7 Å². The molecule has 2 fully saturated rings. The second-order valence-corrected chi connectivity index (χ2v) is 5.97. The molecule has 134 valence electrons. The Labute approximate surface area is 144 Å². The van der Waals surface area contributed by atoms with Gasteiger partial charge in [0, 0.05) is 31.8 Å². The summed E-state index contributed by atoms with van der Waals surface area (Å²) in [4.78, 5) is 46.6. The van der Waals surface area contributed by atoms with Crippen molar-refractivity contribution in [3.05, 3.63) is 12.4 Å². The van der Waals surface area contributed by atoms with Crippen molar-refractivity contribution in [1.29, 1.82) is 0 Å². The van der Waals surface area contributed by atoms with Crippen LogP contribution in [0, 0.1) is 0 Å². The van der Waals surface area contributed by atoms with Crippen LogP contribution in [0.3, 0.4) is 0 Å². The Bertz CT molecular complexity index is 664. The summed E-state index contributed by atoms with van der Waals surface area (Å²) in [6.45, 7) is 0.750. The first-order chi connectivity index (χ1) is 12.1. The highest BCUT2D eigenvalue weighted by molar-refractivity contribution is 6.04. The number of amides is 3. The molecule has 9 heteroatoms. The standard InChI is InChI=1S/C16H20N4O5/c1-24-15-16(18-7-6-17-15)25-11-3-2-8-19(9-11)14(23)10-20-12(21)4-5-13(20)22/h6-7,11H,2-5,8-10H2,1H3. The molecule has 3 amide bonds. The molecule has 1 aromatic rings. The molecular formula is C16H20N4O5. The maximum atomic E-state index is 12.4. The lowest BCUT2D eigenvalue weighted by atomic mass is 10.1. The fraction of sp³-hybridized carbons (Fsp3) is 0.562. The van der Waals surface area contributed by atoms with Crippen LogP contribution < -0.4 is 9.47 Å². The first kappa shape index (κ1) is 17.1. The molecule has 9 nitrogen and oxygen atoms in total. The molecule has 0 radical (unpaired) electrons. The van der Waals surface area contributed by atoms with E-state index in [0.29, 0.717) is 19.0 Å². The van der Waals surface area contributed by atoms with E-state index in [4.69, 9.17) is 9.47 Å². The molecule has 0 aromatic carbocycles. The minimum Gasteiger partial charge on any atom is -0.477 e. The van der Waals surface area contributed by atoms with Crippen molar-refractivity contribution in [2.24, 2.45) is 0 Å². The third-order valence-electron chi connectivity index (χ3n) is 4.28. The van der Waals surface area contributed by atoms with Crippen LogP contribution in [-0.4, -0.2) is 70.3 Å². The Balaban J connectivity index is 1.60. The summed E-state index contributed by atoms with van der Waals surface area (Å²) >= 11 is 0. The molecule has 0 N–H and O–H groups in total. The molecular weight excluding hydrogens is 328 g/mol. The zero-order chi connectivity index (χ0) is 17.8. The van der Waals surface area contributed by atoms with E-state index in [9.17, 15) is 14.4 Å². The number of hydrogen-bond donors (Lipinski definition) is 0. The van der Waals surface area contributed by atoms with Gasteiger partial charge in [-0.1, -0.05) is 0 Å². The first-order valence-corrected chi connectivity index (χ1v) is 8.21. The number of carbonyl (C=O) groups is 3. The lowest BCUT2D eigenvalue weighted by molar-refractivity contribution is -0.146. The van der Waals surface area contributed by atoms with Gasteiger partial charge < -0.3 is 14.4 Å². The molecule has 0 spiro atoms. The highest BCUT2D eigenvalue weighted by Gasteiger charge is 2.33. The number of rotatable bonds is 5. The number of ether oxygens (including phenoxy) is 2. The van der Waals surface area contributed by atoms with E-state index < -0.39 is 0 Å². The van der Waals surface area contributed by atoms with Crippen LogP contribution in [0.15, 0.2) is 12.4 Å². The molecule has 0 aliphatic carbocycles. The van der Waals surface area contributed by atoms with Crippen LogP contribution in [0.4, 0.5) is 0 Å². The minimum absolute atomic E-state index is 0.185. The van der Waals surface area contributed by atoms with Crippen molar-refractivity contribution in [1.82, 2.24) is 19.8 Å². The summed E-state index contributed by atoms with van der Waals surface area (Å²) in [5, 5.41) is 0. The fourth-order valence-corrected chi connectivity index (χ4v) is 2.99. The summed E-state index contributed by atoms with van der Waals surface area (Å²) in [7, 11) is 1.48. The fourth-order valence-electron chi connectivity index (χ4n) is 2.99. The minimum atomic E-state index is -0.285. The maximum Gasteiger partial charge on any atom is 0.278 e. The Morgan fingerprint density at radius 3 is 2.56 bits per heavy atom. The van der Waals surface area contributed by atoms with Crippen molar-refractivity contribution in [3.8, 4) is 11.8 Å². The number of aromatic nitrogens is 2. The highest BCUT2D eigenvalue weighted by Crippen LogP contribution is 2.24. The highest BCUT2D eigenvalue weighted by atomic mass is 16.5. The van der Waals surface area contributed by atoms with E-state index in [1.807, 2.05) is 0 Å². The van der Waals surface area contributed by atoms with E-state index in [1.54, 1.807) is 4.90 Å². The molecule has 1 aromatic heterocycles. The third kappa shape index (κ3) is 3.86. The first-order valence-electron chi connectivity index (χ1n) is 8.21. The quantitative estimate of drug-likeness (QED) is 0.690. The molecule has 2 aliphatic rings. The molecule has 2 aliphatic heterocycles. The van der Waals surface area contributed by atoms with Crippen LogP contribution in [0.1, 0.15) is 25.7 Å². The van der Waals surface area contributed by atoms with Gasteiger partial charge in [-0.05, 0) is 12.8 Å². The van der Waals surface area contributed by atoms with Gasteiger partial charge in [0.15, 0.2) is 0 Å². The zero-order valence-electron chi connectivity index (χ0n) is 14.0. The molecule has 1 atom stereocenters. The smallest absolute Gasteiger partial charge is 0.278 e. The monoisotopic (exact) mass is 348 g/mol. The summed E-state index contributed by atoms with van der Waals surface area (Å²) in [6, 6.07) is 0. The van der Waals surface area contributed by atoms with Crippen molar-refractivity contribution in [3.63, 3.8) is 0 Å². The van der Waals surface area contributed by atoms with Gasteiger partial charge in [-0.25, -0.2) is 9.97 Å². The summed E-state index contributed by atoms with van der Waals surface area (Å²) in [5.41, 5.74) is 0. The van der Waals surface area contributed by atoms with Crippen molar-refractivity contribution in [2.75, 3.05) is 26.7 Å². The normalized spacial score (nSPS) is 20.8. The van der Waals surface area contributed by atoms with Gasteiger partial charge in [-0.3, -0.25) is 19.3 Å². The van der Waals surface area contributed by atoms with Crippen molar-refractivity contribution < 1.29 is 23.9 Å². The number of piperidine rings is 1. The van der Waals surface area contributed by atoms with Gasteiger partial charge in [0.05, 0.1) is 13.7 Å².